The monoisotopic (exact) mass is 266 g/mol. The van der Waals surface area contributed by atoms with E-state index in [1.54, 1.807) is 4.90 Å². The first kappa shape index (κ1) is 13.9. The molecule has 0 unspecified atom stereocenters. The third-order valence-electron chi connectivity index (χ3n) is 3.55. The van der Waals surface area contributed by atoms with E-state index in [9.17, 15) is 9.18 Å². The Bertz CT molecular complexity index is 433. The van der Waals surface area contributed by atoms with Gasteiger partial charge in [-0.25, -0.2) is 4.98 Å². The molecule has 104 valence electrons. The van der Waals surface area contributed by atoms with Gasteiger partial charge in [0, 0.05) is 12.6 Å². The van der Waals surface area contributed by atoms with Crippen molar-refractivity contribution in [3.63, 3.8) is 0 Å². The van der Waals surface area contributed by atoms with Gasteiger partial charge in [-0.2, -0.15) is 4.39 Å². The van der Waals surface area contributed by atoms with Crippen molar-refractivity contribution >= 4 is 5.91 Å². The number of amides is 1. The molecule has 1 aromatic rings. The molecule has 1 heterocycles. The number of nitrogens with zero attached hydrogens (tertiary/aromatic N) is 2. The molecule has 1 aliphatic carbocycles. The number of rotatable bonds is 4. The van der Waals surface area contributed by atoms with Gasteiger partial charge in [-0.1, -0.05) is 25.3 Å². The third-order valence-corrected chi connectivity index (χ3v) is 3.55. The summed E-state index contributed by atoms with van der Waals surface area (Å²) in [7, 11) is 0. The lowest BCUT2D eigenvalue weighted by Gasteiger charge is -2.33. The number of carbonyl (C=O) groups is 1. The van der Waals surface area contributed by atoms with E-state index in [0.717, 1.165) is 25.7 Å². The first-order valence-corrected chi connectivity index (χ1v) is 6.77. The highest BCUT2D eigenvalue weighted by atomic mass is 19.1. The number of carbonyl (C=O) groups excluding carboxylic acids is 1. The van der Waals surface area contributed by atoms with Crippen molar-refractivity contribution in [3.8, 4) is 0 Å². The largest absolute Gasteiger partial charge is 0.395 e. The molecule has 0 aliphatic heterocycles. The lowest BCUT2D eigenvalue weighted by atomic mass is 9.94. The molecule has 5 heteroatoms. The maximum Gasteiger partial charge on any atom is 0.272 e. The number of hydrogen-bond acceptors (Lipinski definition) is 3. The van der Waals surface area contributed by atoms with Crippen LogP contribution in [0.15, 0.2) is 18.2 Å². The van der Waals surface area contributed by atoms with Crippen LogP contribution in [0, 0.1) is 5.95 Å². The summed E-state index contributed by atoms with van der Waals surface area (Å²) in [6, 6.07) is 4.35. The summed E-state index contributed by atoms with van der Waals surface area (Å²) in [4.78, 5) is 17.6. The summed E-state index contributed by atoms with van der Waals surface area (Å²) in [6.45, 7) is 0.194. The van der Waals surface area contributed by atoms with Crippen molar-refractivity contribution in [3.05, 3.63) is 29.8 Å². The van der Waals surface area contributed by atoms with E-state index >= 15 is 0 Å². The van der Waals surface area contributed by atoms with Crippen LogP contribution in [0.1, 0.15) is 42.6 Å². The van der Waals surface area contributed by atoms with Crippen LogP contribution in [0.25, 0.3) is 0 Å². The van der Waals surface area contributed by atoms with Crippen LogP contribution < -0.4 is 0 Å². The summed E-state index contributed by atoms with van der Waals surface area (Å²) in [5.74, 6) is -0.945. The fraction of sp³-hybridized carbons (Fsp3) is 0.571. The van der Waals surface area contributed by atoms with E-state index < -0.39 is 5.95 Å². The minimum absolute atomic E-state index is 0.0858. The van der Waals surface area contributed by atoms with Crippen molar-refractivity contribution in [2.45, 2.75) is 38.1 Å². The van der Waals surface area contributed by atoms with Gasteiger partial charge in [0.1, 0.15) is 5.69 Å². The molecule has 4 nitrogen and oxygen atoms in total. The Kier molecular flexibility index (Phi) is 4.85. The fourth-order valence-corrected chi connectivity index (χ4v) is 2.62. The van der Waals surface area contributed by atoms with Gasteiger partial charge in [0.2, 0.25) is 5.95 Å². The van der Waals surface area contributed by atoms with Gasteiger partial charge in [0.25, 0.3) is 5.91 Å². The summed E-state index contributed by atoms with van der Waals surface area (Å²) >= 11 is 0. The first-order chi connectivity index (χ1) is 9.22. The molecule has 0 bridgehead atoms. The zero-order valence-corrected chi connectivity index (χ0v) is 10.9. The van der Waals surface area contributed by atoms with Gasteiger partial charge < -0.3 is 10.0 Å². The molecule has 1 aliphatic rings. The van der Waals surface area contributed by atoms with Gasteiger partial charge >= 0.3 is 0 Å². The molecule has 0 atom stereocenters. The summed E-state index contributed by atoms with van der Waals surface area (Å²) in [5, 5.41) is 9.13. The number of pyridine rings is 1. The molecule has 1 fully saturated rings. The van der Waals surface area contributed by atoms with E-state index in [2.05, 4.69) is 4.98 Å². The zero-order valence-electron chi connectivity index (χ0n) is 10.9. The van der Waals surface area contributed by atoms with Crippen molar-refractivity contribution < 1.29 is 14.3 Å². The topological polar surface area (TPSA) is 53.4 Å². The maximum absolute atomic E-state index is 13.1. The number of aliphatic hydroxyl groups excluding tert-OH is 1. The van der Waals surface area contributed by atoms with Crippen molar-refractivity contribution in [1.82, 2.24) is 9.88 Å². The number of aromatic nitrogens is 1. The van der Waals surface area contributed by atoms with Gasteiger partial charge in [0.15, 0.2) is 0 Å². The molecule has 0 aromatic carbocycles. The molecular formula is C14H19FN2O2. The summed E-state index contributed by atoms with van der Waals surface area (Å²) < 4.78 is 13.1. The van der Waals surface area contributed by atoms with Crippen molar-refractivity contribution in [1.29, 1.82) is 0 Å². The predicted molar refractivity (Wildman–Crippen MR) is 69.2 cm³/mol. The average molecular weight is 266 g/mol. The molecular weight excluding hydrogens is 247 g/mol. The molecule has 0 radical (unpaired) electrons. The summed E-state index contributed by atoms with van der Waals surface area (Å²) in [6.07, 6.45) is 5.27. The van der Waals surface area contributed by atoms with E-state index in [1.807, 2.05) is 0 Å². The molecule has 0 saturated heterocycles. The van der Waals surface area contributed by atoms with Gasteiger partial charge in [-0.3, -0.25) is 4.79 Å². The lowest BCUT2D eigenvalue weighted by molar-refractivity contribution is 0.0578. The second kappa shape index (κ2) is 6.61. The number of halogens is 1. The third kappa shape index (κ3) is 3.50. The van der Waals surface area contributed by atoms with Gasteiger partial charge in [-0.15, -0.1) is 0 Å². The van der Waals surface area contributed by atoms with Crippen LogP contribution in [0.2, 0.25) is 0 Å². The molecule has 1 amide bonds. The van der Waals surface area contributed by atoms with Crippen LogP contribution in [0.5, 0.6) is 0 Å². The highest BCUT2D eigenvalue weighted by Crippen LogP contribution is 2.23. The van der Waals surface area contributed by atoms with Crippen LogP contribution in [-0.2, 0) is 0 Å². The lowest BCUT2D eigenvalue weighted by Crippen LogP contribution is -2.43. The van der Waals surface area contributed by atoms with Gasteiger partial charge in [0.05, 0.1) is 6.61 Å². The normalized spacial score (nSPS) is 16.3. The second-order valence-electron chi connectivity index (χ2n) is 4.86. The quantitative estimate of drug-likeness (QED) is 0.848. The maximum atomic E-state index is 13.1. The predicted octanol–water partition coefficient (Wildman–Crippen LogP) is 1.99. The molecule has 1 aromatic heterocycles. The van der Waals surface area contributed by atoms with Crippen LogP contribution in [0.4, 0.5) is 4.39 Å². The first-order valence-electron chi connectivity index (χ1n) is 6.77. The number of hydrogen-bond donors (Lipinski definition) is 1. The standard InChI is InChI=1S/C14H19FN2O2/c15-13-8-4-7-12(16-13)14(19)17(9-10-18)11-5-2-1-3-6-11/h4,7-8,11,18H,1-3,5-6,9-10H2. The van der Waals surface area contributed by atoms with Gasteiger partial charge in [-0.05, 0) is 25.0 Å². The Labute approximate surface area is 112 Å². The van der Waals surface area contributed by atoms with Crippen molar-refractivity contribution in [2.24, 2.45) is 0 Å². The van der Waals surface area contributed by atoms with E-state index in [4.69, 9.17) is 5.11 Å². The molecule has 2 rings (SSSR count). The van der Waals surface area contributed by atoms with Crippen LogP contribution in [-0.4, -0.2) is 40.1 Å². The average Bonchev–Trinajstić information content (AvgIpc) is 2.45. The molecule has 19 heavy (non-hydrogen) atoms. The zero-order chi connectivity index (χ0) is 13.7. The summed E-state index contributed by atoms with van der Waals surface area (Å²) in [5.41, 5.74) is 0.110. The smallest absolute Gasteiger partial charge is 0.272 e. The fourth-order valence-electron chi connectivity index (χ4n) is 2.62. The Morgan fingerprint density at radius 2 is 2.11 bits per heavy atom. The Balaban J connectivity index is 2.15. The minimum Gasteiger partial charge on any atom is -0.395 e. The Morgan fingerprint density at radius 1 is 1.37 bits per heavy atom. The van der Waals surface area contributed by atoms with E-state index in [-0.39, 0.29) is 30.8 Å². The molecule has 1 saturated carbocycles. The Morgan fingerprint density at radius 3 is 2.74 bits per heavy atom. The minimum atomic E-state index is -0.654. The molecule has 0 spiro atoms. The highest BCUT2D eigenvalue weighted by Gasteiger charge is 2.26. The van der Waals surface area contributed by atoms with E-state index in [1.165, 1.54) is 24.6 Å². The second-order valence-corrected chi connectivity index (χ2v) is 4.86. The Hall–Kier alpha value is -1.49. The SMILES string of the molecule is O=C(c1cccc(F)n1)N(CCO)C1CCCCC1. The van der Waals surface area contributed by atoms with Crippen LogP contribution >= 0.6 is 0 Å². The van der Waals surface area contributed by atoms with E-state index in [0.29, 0.717) is 0 Å². The molecule has 1 N–H and O–H groups in total. The number of aliphatic hydroxyl groups is 1. The van der Waals surface area contributed by atoms with Crippen LogP contribution in [0.3, 0.4) is 0 Å². The highest BCUT2D eigenvalue weighted by molar-refractivity contribution is 5.92. The van der Waals surface area contributed by atoms with Crippen molar-refractivity contribution in [2.75, 3.05) is 13.2 Å².